The van der Waals surface area contributed by atoms with Gasteiger partial charge in [0.05, 0.1) is 30.0 Å². The molecule has 208 valence electrons. The maximum absolute atomic E-state index is 13.6. The topological polar surface area (TPSA) is 109 Å². The van der Waals surface area contributed by atoms with Crippen LogP contribution in [-0.2, 0) is 6.18 Å². The minimum atomic E-state index is -4.60. The first kappa shape index (κ1) is 28.4. The maximum atomic E-state index is 13.6. The number of amides is 1. The van der Waals surface area contributed by atoms with Crippen molar-refractivity contribution in [2.75, 3.05) is 23.7 Å². The second-order valence-corrected chi connectivity index (χ2v) is 9.29. The Morgan fingerprint density at radius 2 is 1.95 bits per heavy atom. The molecule has 40 heavy (non-hydrogen) atoms. The van der Waals surface area contributed by atoms with Gasteiger partial charge in [0.15, 0.2) is 0 Å². The molecule has 0 atom stereocenters. The van der Waals surface area contributed by atoms with Crippen LogP contribution >= 0.6 is 0 Å². The Hall–Kier alpha value is -4.64. The molecule has 3 aromatic rings. The minimum absolute atomic E-state index is 0.00332. The van der Waals surface area contributed by atoms with Crippen molar-refractivity contribution >= 4 is 23.5 Å². The van der Waals surface area contributed by atoms with E-state index in [1.807, 2.05) is 19.1 Å². The number of nitrogens with one attached hydrogen (secondary N) is 3. The smallest absolute Gasteiger partial charge is 0.345 e. The number of nitrogens with two attached hydrogens (primary N) is 1. The number of aromatic nitrogens is 2. The SMILES string of the molecule is C=C(NC(CCN)=C1C=CC=NC1)Nc1cc(C(=O)Nc2cc(-n3cnc(C)c3)cc(C(F)(F)F)c2)ccc1C. The summed E-state index contributed by atoms with van der Waals surface area (Å²) in [5.74, 6) is -0.0949. The van der Waals surface area contributed by atoms with E-state index in [1.54, 1.807) is 37.5 Å². The molecule has 0 fully saturated rings. The molecular formula is C29H30F3N7O. The molecule has 0 unspecified atom stereocenters. The van der Waals surface area contributed by atoms with Gasteiger partial charge in [-0.2, -0.15) is 13.2 Å². The number of aliphatic imine (C=N–C) groups is 1. The van der Waals surface area contributed by atoms with Gasteiger partial charge in [0, 0.05) is 47.2 Å². The molecule has 1 aliphatic heterocycles. The lowest BCUT2D eigenvalue weighted by molar-refractivity contribution is -0.137. The summed E-state index contributed by atoms with van der Waals surface area (Å²) in [6.07, 6.45) is 4.56. The van der Waals surface area contributed by atoms with Crippen molar-refractivity contribution in [3.8, 4) is 5.69 Å². The van der Waals surface area contributed by atoms with Crippen molar-refractivity contribution in [2.45, 2.75) is 26.4 Å². The molecule has 11 heteroatoms. The molecule has 8 nitrogen and oxygen atoms in total. The van der Waals surface area contributed by atoms with Gasteiger partial charge in [0.2, 0.25) is 0 Å². The molecule has 0 bridgehead atoms. The molecule has 2 heterocycles. The number of alkyl halides is 3. The third kappa shape index (κ3) is 7.06. The van der Waals surface area contributed by atoms with E-state index in [0.29, 0.717) is 36.7 Å². The maximum Gasteiger partial charge on any atom is 0.416 e. The van der Waals surface area contributed by atoms with Gasteiger partial charge in [0.1, 0.15) is 0 Å². The average molecular weight is 550 g/mol. The third-order valence-corrected chi connectivity index (χ3v) is 6.13. The predicted octanol–water partition coefficient (Wildman–Crippen LogP) is 5.48. The van der Waals surface area contributed by atoms with E-state index in [-0.39, 0.29) is 16.9 Å². The standard InChI is InChI=1S/C29H30F3N7O/c1-18-6-7-21(11-27(18)37-20(3)36-26(8-9-33)22-5-4-10-34-15-22)28(40)38-24-12-23(29(30,31)32)13-25(14-24)39-16-19(2)35-17-39/h4-7,10-14,16-17,36-37H,3,8-9,15,33H2,1-2H3,(H,38,40). The van der Waals surface area contributed by atoms with Gasteiger partial charge in [-0.25, -0.2) is 4.98 Å². The van der Waals surface area contributed by atoms with Crippen LogP contribution in [0.2, 0.25) is 0 Å². The fourth-order valence-corrected chi connectivity index (χ4v) is 4.10. The summed E-state index contributed by atoms with van der Waals surface area (Å²) >= 11 is 0. The second kappa shape index (κ2) is 12.0. The summed E-state index contributed by atoms with van der Waals surface area (Å²) in [7, 11) is 0. The van der Waals surface area contributed by atoms with Gasteiger partial charge < -0.3 is 26.3 Å². The molecule has 0 radical (unpaired) electrons. The van der Waals surface area contributed by atoms with E-state index >= 15 is 0 Å². The summed E-state index contributed by atoms with van der Waals surface area (Å²) in [6, 6.07) is 8.34. The number of hydrogen-bond acceptors (Lipinski definition) is 6. The summed E-state index contributed by atoms with van der Waals surface area (Å²) in [4.78, 5) is 21.5. The Morgan fingerprint density at radius 1 is 1.15 bits per heavy atom. The van der Waals surface area contributed by atoms with Gasteiger partial charge in [-0.3, -0.25) is 9.79 Å². The first-order chi connectivity index (χ1) is 19.0. The van der Waals surface area contributed by atoms with E-state index in [1.165, 1.54) is 17.0 Å². The lowest BCUT2D eigenvalue weighted by Gasteiger charge is -2.19. The molecular weight excluding hydrogens is 519 g/mol. The number of hydrogen-bond donors (Lipinski definition) is 4. The van der Waals surface area contributed by atoms with Crippen LogP contribution in [0.5, 0.6) is 0 Å². The van der Waals surface area contributed by atoms with Gasteiger partial charge in [-0.05, 0) is 67.9 Å². The molecule has 0 saturated carbocycles. The predicted molar refractivity (Wildman–Crippen MR) is 152 cm³/mol. The fraction of sp³-hybridized carbons (Fsp3) is 0.207. The molecule has 1 aliphatic rings. The van der Waals surface area contributed by atoms with Gasteiger partial charge in [-0.1, -0.05) is 18.7 Å². The number of benzene rings is 2. The van der Waals surface area contributed by atoms with Crippen molar-refractivity contribution in [3.63, 3.8) is 0 Å². The van der Waals surface area contributed by atoms with Crippen LogP contribution in [0, 0.1) is 13.8 Å². The van der Waals surface area contributed by atoms with Crippen molar-refractivity contribution < 1.29 is 18.0 Å². The average Bonchev–Trinajstić information content (AvgIpc) is 3.36. The number of aryl methyl sites for hydroxylation is 2. The molecule has 1 aromatic heterocycles. The van der Waals surface area contributed by atoms with E-state index in [4.69, 9.17) is 5.73 Å². The Balaban J connectivity index is 1.54. The van der Waals surface area contributed by atoms with E-state index in [2.05, 4.69) is 32.5 Å². The molecule has 4 rings (SSSR count). The zero-order chi connectivity index (χ0) is 28.9. The summed E-state index contributed by atoms with van der Waals surface area (Å²) in [6.45, 7) is 8.60. The van der Waals surface area contributed by atoms with Crippen molar-refractivity contribution in [3.05, 3.63) is 107 Å². The summed E-state index contributed by atoms with van der Waals surface area (Å²) in [5.41, 5.74) is 9.35. The molecule has 1 amide bonds. The number of anilines is 2. The zero-order valence-corrected chi connectivity index (χ0v) is 22.1. The van der Waals surface area contributed by atoms with Crippen LogP contribution in [0.4, 0.5) is 24.5 Å². The highest BCUT2D eigenvalue weighted by atomic mass is 19.4. The Bertz CT molecular complexity index is 1520. The van der Waals surface area contributed by atoms with Crippen LogP contribution in [0.15, 0.2) is 89.7 Å². The molecule has 2 aromatic carbocycles. The summed E-state index contributed by atoms with van der Waals surface area (Å²) in [5, 5.41) is 9.03. The largest absolute Gasteiger partial charge is 0.416 e. The number of rotatable bonds is 9. The van der Waals surface area contributed by atoms with Crippen LogP contribution in [0.3, 0.4) is 0 Å². The van der Waals surface area contributed by atoms with Crippen LogP contribution in [-0.4, -0.2) is 34.8 Å². The first-order valence-corrected chi connectivity index (χ1v) is 12.5. The monoisotopic (exact) mass is 549 g/mol. The lowest BCUT2D eigenvalue weighted by Crippen LogP contribution is -2.23. The summed E-state index contributed by atoms with van der Waals surface area (Å²) < 4.78 is 42.3. The highest BCUT2D eigenvalue weighted by Gasteiger charge is 2.31. The van der Waals surface area contributed by atoms with Crippen LogP contribution < -0.4 is 21.7 Å². The number of carbonyl (C=O) groups is 1. The lowest BCUT2D eigenvalue weighted by atomic mass is 10.1. The number of dihydropyridines is 1. The van der Waals surface area contributed by atoms with Crippen LogP contribution in [0.1, 0.15) is 33.6 Å². The zero-order valence-electron chi connectivity index (χ0n) is 22.1. The van der Waals surface area contributed by atoms with E-state index < -0.39 is 17.6 Å². The van der Waals surface area contributed by atoms with E-state index in [9.17, 15) is 18.0 Å². The molecule has 0 spiro atoms. The Labute approximate surface area is 230 Å². The quantitative estimate of drug-likeness (QED) is 0.283. The fourth-order valence-electron chi connectivity index (χ4n) is 4.10. The number of nitrogens with zero attached hydrogens (tertiary/aromatic N) is 3. The van der Waals surface area contributed by atoms with Crippen molar-refractivity contribution in [1.82, 2.24) is 14.9 Å². The first-order valence-electron chi connectivity index (χ1n) is 12.5. The van der Waals surface area contributed by atoms with Gasteiger partial charge in [-0.15, -0.1) is 0 Å². The van der Waals surface area contributed by atoms with Gasteiger partial charge >= 0.3 is 6.18 Å². The number of carbonyl (C=O) groups excluding carboxylic acids is 1. The van der Waals surface area contributed by atoms with Crippen molar-refractivity contribution in [2.24, 2.45) is 10.7 Å². The van der Waals surface area contributed by atoms with Crippen molar-refractivity contribution in [1.29, 1.82) is 0 Å². The highest BCUT2D eigenvalue weighted by Crippen LogP contribution is 2.33. The normalized spacial score (nSPS) is 14.2. The van der Waals surface area contributed by atoms with Gasteiger partial charge in [0.25, 0.3) is 5.91 Å². The second-order valence-electron chi connectivity index (χ2n) is 9.29. The third-order valence-electron chi connectivity index (χ3n) is 6.13. The Kier molecular flexibility index (Phi) is 8.54. The Morgan fingerprint density at radius 3 is 2.60 bits per heavy atom. The molecule has 0 saturated heterocycles. The molecule has 5 N–H and O–H groups in total. The highest BCUT2D eigenvalue weighted by molar-refractivity contribution is 6.05. The number of halogens is 3. The van der Waals surface area contributed by atoms with Crippen LogP contribution in [0.25, 0.3) is 5.69 Å². The minimum Gasteiger partial charge on any atom is -0.345 e. The molecule has 0 aliphatic carbocycles. The number of allylic oxidation sites excluding steroid dienone is 1. The van der Waals surface area contributed by atoms with E-state index in [0.717, 1.165) is 29.0 Å². The number of imidazole rings is 1.